The first-order valence-electron chi connectivity index (χ1n) is 5.54. The van der Waals surface area contributed by atoms with Gasteiger partial charge in [0.05, 0.1) is 4.90 Å². The summed E-state index contributed by atoms with van der Waals surface area (Å²) in [5, 5.41) is 3.76. The van der Waals surface area contributed by atoms with Crippen molar-refractivity contribution < 1.29 is 8.42 Å². The second-order valence-electron chi connectivity index (χ2n) is 4.03. The number of sulfonamides is 1. The van der Waals surface area contributed by atoms with Crippen LogP contribution in [0.1, 0.15) is 5.56 Å². The maximum Gasteiger partial charge on any atom is 0.276 e. The molecule has 0 fully saturated rings. The van der Waals surface area contributed by atoms with Crippen molar-refractivity contribution in [1.82, 2.24) is 4.83 Å². The summed E-state index contributed by atoms with van der Waals surface area (Å²) >= 11 is 0. The van der Waals surface area contributed by atoms with Crippen molar-refractivity contribution >= 4 is 16.2 Å². The van der Waals surface area contributed by atoms with E-state index in [1.807, 2.05) is 31.2 Å². The van der Waals surface area contributed by atoms with Crippen molar-refractivity contribution in [3.63, 3.8) is 0 Å². The molecule has 4 nitrogen and oxygen atoms in total. The van der Waals surface area contributed by atoms with E-state index in [-0.39, 0.29) is 10.8 Å². The predicted molar refractivity (Wildman–Crippen MR) is 71.8 cm³/mol. The summed E-state index contributed by atoms with van der Waals surface area (Å²) in [5.41, 5.74) is 1.01. The summed E-state index contributed by atoms with van der Waals surface area (Å²) in [6.07, 6.45) is 9.18. The molecule has 0 saturated carbocycles. The molecule has 1 aromatic carbocycles. The number of hydrogen-bond donors (Lipinski definition) is 1. The number of aryl methyl sites for hydroxylation is 1. The normalized spacial score (nSPS) is 15.6. The van der Waals surface area contributed by atoms with E-state index < -0.39 is 10.0 Å². The molecule has 0 atom stereocenters. The molecule has 0 saturated heterocycles. The van der Waals surface area contributed by atoms with Gasteiger partial charge in [-0.1, -0.05) is 42.0 Å². The molecule has 0 unspecified atom stereocenters. The molecular formula is C13H14N2O2S. The number of nitrogens with one attached hydrogen (secondary N) is 1. The molecule has 0 aliphatic heterocycles. The Morgan fingerprint density at radius 1 is 1.17 bits per heavy atom. The average Bonchev–Trinajstić information content (AvgIpc) is 2.82. The fourth-order valence-electron chi connectivity index (χ4n) is 1.50. The monoisotopic (exact) mass is 262 g/mol. The highest BCUT2D eigenvalue weighted by molar-refractivity contribution is 7.89. The Balaban J connectivity index is 2.05. The summed E-state index contributed by atoms with van der Waals surface area (Å²) in [5.74, 6) is 0.0608. The molecule has 1 aromatic rings. The van der Waals surface area contributed by atoms with Crippen molar-refractivity contribution in [3.8, 4) is 0 Å². The molecule has 94 valence electrons. The van der Waals surface area contributed by atoms with Gasteiger partial charge in [0.2, 0.25) is 0 Å². The molecule has 0 aromatic heterocycles. The van der Waals surface area contributed by atoms with Crippen LogP contribution in [-0.4, -0.2) is 14.6 Å². The lowest BCUT2D eigenvalue weighted by Crippen LogP contribution is -2.18. The zero-order valence-corrected chi connectivity index (χ0v) is 10.8. The molecule has 1 N–H and O–H groups in total. The highest BCUT2D eigenvalue weighted by atomic mass is 32.2. The van der Waals surface area contributed by atoms with Gasteiger partial charge in [-0.3, -0.25) is 0 Å². The van der Waals surface area contributed by atoms with Gasteiger partial charge in [-0.25, -0.2) is 4.83 Å². The van der Waals surface area contributed by atoms with Crippen LogP contribution in [0.25, 0.3) is 0 Å². The largest absolute Gasteiger partial charge is 0.276 e. The summed E-state index contributed by atoms with van der Waals surface area (Å²) in [4.78, 5) is 2.41. The fourth-order valence-corrected chi connectivity index (χ4v) is 2.30. The van der Waals surface area contributed by atoms with Crippen LogP contribution < -0.4 is 4.83 Å². The molecular weight excluding hydrogens is 248 g/mol. The van der Waals surface area contributed by atoms with Gasteiger partial charge < -0.3 is 0 Å². The molecule has 1 aliphatic carbocycles. The van der Waals surface area contributed by atoms with E-state index in [2.05, 4.69) is 9.93 Å². The minimum atomic E-state index is -3.56. The van der Waals surface area contributed by atoms with E-state index in [0.29, 0.717) is 0 Å². The minimum Gasteiger partial charge on any atom is -0.200 e. The summed E-state index contributed by atoms with van der Waals surface area (Å²) in [6, 6.07) is 6.62. The maximum absolute atomic E-state index is 11.9. The summed E-state index contributed by atoms with van der Waals surface area (Å²) in [7, 11) is -3.56. The van der Waals surface area contributed by atoms with Gasteiger partial charge in [-0.2, -0.15) is 13.5 Å². The molecule has 0 amide bonds. The average molecular weight is 262 g/mol. The topological polar surface area (TPSA) is 58.5 Å². The molecule has 1 aliphatic rings. The van der Waals surface area contributed by atoms with Crippen LogP contribution in [0.4, 0.5) is 0 Å². The van der Waals surface area contributed by atoms with Gasteiger partial charge in [0.1, 0.15) is 0 Å². The van der Waals surface area contributed by atoms with Gasteiger partial charge in [0.15, 0.2) is 0 Å². The first-order chi connectivity index (χ1) is 8.58. The van der Waals surface area contributed by atoms with Gasteiger partial charge in [-0.05, 0) is 19.1 Å². The molecule has 0 spiro atoms. The third kappa shape index (κ3) is 3.07. The summed E-state index contributed by atoms with van der Waals surface area (Å²) < 4.78 is 23.7. The van der Waals surface area contributed by atoms with E-state index in [1.165, 1.54) is 0 Å². The molecule has 0 radical (unpaired) electrons. The van der Waals surface area contributed by atoms with Gasteiger partial charge >= 0.3 is 0 Å². The Kier molecular flexibility index (Phi) is 3.62. The van der Waals surface area contributed by atoms with Crippen LogP contribution in [0.2, 0.25) is 0 Å². The van der Waals surface area contributed by atoms with E-state index in [1.54, 1.807) is 30.5 Å². The number of rotatable bonds is 4. The summed E-state index contributed by atoms with van der Waals surface area (Å²) in [6.45, 7) is 1.90. The van der Waals surface area contributed by atoms with Crippen molar-refractivity contribution in [2.24, 2.45) is 11.0 Å². The fraction of sp³-hybridized carbons (Fsp3) is 0.154. The smallest absolute Gasteiger partial charge is 0.200 e. The third-order valence-electron chi connectivity index (χ3n) is 2.53. The lowest BCUT2D eigenvalue weighted by molar-refractivity contribution is 0.584. The van der Waals surface area contributed by atoms with Gasteiger partial charge in [-0.15, -0.1) is 0 Å². The standard InChI is InChI=1S/C13H14N2O2S/c1-11-6-8-13(9-7-11)18(16,17)15-14-10-12-4-2-3-5-12/h2-10,12,15H,1H3/b14-10+. The number of hydrogen-bond acceptors (Lipinski definition) is 3. The quantitative estimate of drug-likeness (QED) is 0.666. The van der Waals surface area contributed by atoms with Crippen molar-refractivity contribution in [2.45, 2.75) is 11.8 Å². The molecule has 0 bridgehead atoms. The van der Waals surface area contributed by atoms with Crippen LogP contribution in [0.3, 0.4) is 0 Å². The number of benzene rings is 1. The van der Waals surface area contributed by atoms with Gasteiger partial charge in [0.25, 0.3) is 10.0 Å². The first-order valence-corrected chi connectivity index (χ1v) is 7.03. The van der Waals surface area contributed by atoms with Crippen molar-refractivity contribution in [3.05, 3.63) is 54.1 Å². The Labute approximate surface area is 107 Å². The maximum atomic E-state index is 11.9. The molecule has 5 heteroatoms. The first kappa shape index (κ1) is 12.6. The predicted octanol–water partition coefficient (Wildman–Crippen LogP) is 2.00. The Bertz CT molecular complexity index is 586. The van der Waals surface area contributed by atoms with Crippen LogP contribution in [-0.2, 0) is 10.0 Å². The zero-order valence-electron chi connectivity index (χ0n) is 9.95. The Morgan fingerprint density at radius 2 is 1.78 bits per heavy atom. The zero-order chi connectivity index (χ0) is 13.0. The van der Waals surface area contributed by atoms with Crippen molar-refractivity contribution in [1.29, 1.82) is 0 Å². The van der Waals surface area contributed by atoms with E-state index >= 15 is 0 Å². The van der Waals surface area contributed by atoms with Crippen LogP contribution in [0, 0.1) is 12.8 Å². The second kappa shape index (κ2) is 5.18. The lowest BCUT2D eigenvalue weighted by Gasteiger charge is -2.03. The molecule has 18 heavy (non-hydrogen) atoms. The van der Waals surface area contributed by atoms with Crippen LogP contribution in [0.5, 0.6) is 0 Å². The highest BCUT2D eigenvalue weighted by Crippen LogP contribution is 2.10. The van der Waals surface area contributed by atoms with E-state index in [9.17, 15) is 8.42 Å². The van der Waals surface area contributed by atoms with Crippen LogP contribution >= 0.6 is 0 Å². The molecule has 2 rings (SSSR count). The van der Waals surface area contributed by atoms with Crippen molar-refractivity contribution in [2.75, 3.05) is 0 Å². The lowest BCUT2D eigenvalue weighted by atomic mass is 10.2. The SMILES string of the molecule is Cc1ccc(S(=O)(=O)N/N=C/C2C=CC=C2)cc1. The second-order valence-corrected chi connectivity index (χ2v) is 5.69. The van der Waals surface area contributed by atoms with E-state index in [4.69, 9.17) is 0 Å². The number of hydrazone groups is 1. The number of allylic oxidation sites excluding steroid dienone is 4. The minimum absolute atomic E-state index is 0.0608. The van der Waals surface area contributed by atoms with Crippen LogP contribution in [0.15, 0.2) is 58.6 Å². The van der Waals surface area contributed by atoms with Gasteiger partial charge in [0, 0.05) is 12.1 Å². The number of nitrogens with zero attached hydrogens (tertiary/aromatic N) is 1. The Morgan fingerprint density at radius 3 is 2.39 bits per heavy atom. The highest BCUT2D eigenvalue weighted by Gasteiger charge is 2.11. The van der Waals surface area contributed by atoms with E-state index in [0.717, 1.165) is 5.56 Å². The molecule has 0 heterocycles. The third-order valence-corrected chi connectivity index (χ3v) is 3.77. The Hall–Kier alpha value is -1.88.